The Balaban J connectivity index is 1.78. The monoisotopic (exact) mass is 467 g/mol. The minimum atomic E-state index is -0.987. The quantitative estimate of drug-likeness (QED) is 0.478. The number of hydrogen-bond acceptors (Lipinski definition) is 4. The summed E-state index contributed by atoms with van der Waals surface area (Å²) in [5, 5.41) is 13.2. The van der Waals surface area contributed by atoms with E-state index in [1.54, 1.807) is 49.4 Å². The lowest BCUT2D eigenvalue weighted by atomic mass is 10.1. The van der Waals surface area contributed by atoms with Gasteiger partial charge in [-0.05, 0) is 55.7 Å². The van der Waals surface area contributed by atoms with Gasteiger partial charge in [0.25, 0.3) is 0 Å². The first kappa shape index (κ1) is 25.0. The van der Waals surface area contributed by atoms with Crippen LogP contribution in [0.5, 0.6) is 5.75 Å². The molecule has 2 atom stereocenters. The number of amides is 1. The zero-order chi connectivity index (χ0) is 22.8. The van der Waals surface area contributed by atoms with Crippen molar-refractivity contribution in [1.82, 2.24) is 5.32 Å². The van der Waals surface area contributed by atoms with Crippen LogP contribution in [0.1, 0.15) is 31.4 Å². The van der Waals surface area contributed by atoms with Crippen molar-refractivity contribution in [2.45, 2.75) is 45.3 Å². The minimum Gasteiger partial charge on any atom is -0.490 e. The molecular weight excluding hydrogens is 441 g/mol. The lowest BCUT2D eigenvalue weighted by Gasteiger charge is -2.16. The summed E-state index contributed by atoms with van der Waals surface area (Å²) in [5.41, 5.74) is 1.64. The van der Waals surface area contributed by atoms with E-state index in [4.69, 9.17) is 32.7 Å². The van der Waals surface area contributed by atoms with Crippen molar-refractivity contribution in [3.05, 3.63) is 63.6 Å². The van der Waals surface area contributed by atoms with E-state index in [2.05, 4.69) is 5.32 Å². The highest BCUT2D eigenvalue weighted by molar-refractivity contribution is 6.36. The van der Waals surface area contributed by atoms with E-state index in [1.807, 2.05) is 6.92 Å². The fraction of sp³-hybridized carbons (Fsp3) is 0.391. The lowest BCUT2D eigenvalue weighted by Crippen LogP contribution is -2.30. The van der Waals surface area contributed by atoms with E-state index < -0.39 is 12.1 Å². The van der Waals surface area contributed by atoms with Crippen LogP contribution in [0.15, 0.2) is 42.5 Å². The molecule has 2 N–H and O–H groups in total. The number of hydrogen-bond donors (Lipinski definition) is 2. The Morgan fingerprint density at radius 1 is 1.10 bits per heavy atom. The zero-order valence-corrected chi connectivity index (χ0v) is 19.1. The van der Waals surface area contributed by atoms with Crippen molar-refractivity contribution < 1.29 is 24.2 Å². The van der Waals surface area contributed by atoms with Gasteiger partial charge in [-0.25, -0.2) is 4.79 Å². The largest absolute Gasteiger partial charge is 0.490 e. The maximum atomic E-state index is 12.2. The number of carbonyl (C=O) groups excluding carboxylic acids is 1. The second kappa shape index (κ2) is 12.5. The highest BCUT2D eigenvalue weighted by atomic mass is 35.5. The summed E-state index contributed by atoms with van der Waals surface area (Å²) in [6, 6.07) is 12.4. The molecule has 0 heterocycles. The molecule has 1 unspecified atom stereocenters. The summed E-state index contributed by atoms with van der Waals surface area (Å²) in [7, 11) is 0. The Bertz CT molecular complexity index is 853. The van der Waals surface area contributed by atoms with Gasteiger partial charge in [0.05, 0.1) is 6.42 Å². The number of halogens is 2. The average Bonchev–Trinajstić information content (AvgIpc) is 2.71. The predicted octanol–water partition coefficient (Wildman–Crippen LogP) is 4.54. The van der Waals surface area contributed by atoms with Crippen LogP contribution in [0.4, 0.5) is 0 Å². The number of aliphatic carboxylic acids is 1. The lowest BCUT2D eigenvalue weighted by molar-refractivity contribution is -0.150. The van der Waals surface area contributed by atoms with Gasteiger partial charge in [0.2, 0.25) is 5.91 Å². The third kappa shape index (κ3) is 8.40. The van der Waals surface area contributed by atoms with E-state index in [0.29, 0.717) is 35.4 Å². The van der Waals surface area contributed by atoms with Gasteiger partial charge in [0.1, 0.15) is 11.9 Å². The molecule has 0 aliphatic carbocycles. The van der Waals surface area contributed by atoms with Crippen LogP contribution in [0, 0.1) is 0 Å². The zero-order valence-electron chi connectivity index (χ0n) is 17.6. The maximum absolute atomic E-state index is 12.2. The number of nitrogens with one attached hydrogen (secondary N) is 1. The Labute approximate surface area is 192 Å². The van der Waals surface area contributed by atoms with Crippen LogP contribution in [0.3, 0.4) is 0 Å². The predicted molar refractivity (Wildman–Crippen MR) is 121 cm³/mol. The summed E-state index contributed by atoms with van der Waals surface area (Å²) >= 11 is 12.3. The van der Waals surface area contributed by atoms with Gasteiger partial charge in [0, 0.05) is 29.6 Å². The molecule has 2 rings (SSSR count). The summed E-state index contributed by atoms with van der Waals surface area (Å²) in [6.45, 7) is 4.34. The van der Waals surface area contributed by atoms with Crippen LogP contribution < -0.4 is 10.1 Å². The van der Waals surface area contributed by atoms with Crippen molar-refractivity contribution in [2.75, 3.05) is 13.2 Å². The molecule has 0 spiro atoms. The molecule has 168 valence electrons. The second-order valence-corrected chi connectivity index (χ2v) is 7.88. The molecule has 8 heteroatoms. The number of ether oxygens (including phenoxy) is 2. The van der Waals surface area contributed by atoms with Gasteiger partial charge in [-0.2, -0.15) is 0 Å². The van der Waals surface area contributed by atoms with Crippen molar-refractivity contribution in [2.24, 2.45) is 0 Å². The number of carboxylic acid groups (broad SMARTS) is 1. The number of rotatable bonds is 12. The van der Waals surface area contributed by atoms with Crippen molar-refractivity contribution in [3.8, 4) is 5.75 Å². The molecule has 2 aromatic rings. The molecule has 0 aromatic heterocycles. The smallest absolute Gasteiger partial charge is 0.333 e. The molecule has 6 nitrogen and oxygen atoms in total. The molecule has 0 radical (unpaired) electrons. The summed E-state index contributed by atoms with van der Waals surface area (Å²) in [5.74, 6) is -0.512. The van der Waals surface area contributed by atoms with E-state index in [-0.39, 0.29) is 24.9 Å². The molecule has 2 aromatic carbocycles. The first-order valence-corrected chi connectivity index (χ1v) is 10.8. The van der Waals surface area contributed by atoms with E-state index in [9.17, 15) is 14.7 Å². The summed E-state index contributed by atoms with van der Waals surface area (Å²) in [4.78, 5) is 23.4. The molecule has 0 saturated heterocycles. The third-order valence-corrected chi connectivity index (χ3v) is 5.26. The highest BCUT2D eigenvalue weighted by Gasteiger charge is 2.18. The third-order valence-electron chi connectivity index (χ3n) is 4.56. The summed E-state index contributed by atoms with van der Waals surface area (Å²) in [6.07, 6.45) is -0.190. The van der Waals surface area contributed by atoms with Crippen molar-refractivity contribution >= 4 is 35.1 Å². The number of carboxylic acids is 1. The van der Waals surface area contributed by atoms with Gasteiger partial charge < -0.3 is 19.9 Å². The Morgan fingerprint density at radius 2 is 1.74 bits per heavy atom. The molecule has 0 saturated carbocycles. The first-order chi connectivity index (χ1) is 14.8. The fourth-order valence-electron chi connectivity index (χ4n) is 3.04. The van der Waals surface area contributed by atoms with Crippen LogP contribution >= 0.6 is 23.2 Å². The van der Waals surface area contributed by atoms with Gasteiger partial charge in [-0.1, -0.05) is 41.4 Å². The number of carbonyl (C=O) groups is 2. The standard InChI is InChI=1S/C23H27Cl2NO5/c1-3-30-21(23(28)29)14-16-7-9-17(10-8-16)31-15(2)13-22(27)26-12-11-18-19(24)5-4-6-20(18)25/h4-10,15,21H,3,11-14H2,1-2H3,(H,26,27)(H,28,29)/t15?,21-/m0/s1. The highest BCUT2D eigenvalue weighted by Crippen LogP contribution is 2.24. The van der Waals surface area contributed by atoms with Crippen LogP contribution in [-0.2, 0) is 27.2 Å². The van der Waals surface area contributed by atoms with E-state index >= 15 is 0 Å². The van der Waals surface area contributed by atoms with Crippen LogP contribution in [0.25, 0.3) is 0 Å². The molecule has 0 fully saturated rings. The van der Waals surface area contributed by atoms with E-state index in [0.717, 1.165) is 11.1 Å². The van der Waals surface area contributed by atoms with Crippen molar-refractivity contribution in [3.63, 3.8) is 0 Å². The Kier molecular flexibility index (Phi) is 10.1. The molecule has 1 amide bonds. The average molecular weight is 468 g/mol. The van der Waals surface area contributed by atoms with Crippen LogP contribution in [-0.4, -0.2) is 42.3 Å². The first-order valence-electron chi connectivity index (χ1n) is 10.1. The fourth-order valence-corrected chi connectivity index (χ4v) is 3.63. The van der Waals surface area contributed by atoms with E-state index in [1.165, 1.54) is 0 Å². The Hall–Kier alpha value is -2.28. The SMILES string of the molecule is CCO[C@@H](Cc1ccc(OC(C)CC(=O)NCCc2c(Cl)cccc2Cl)cc1)C(=O)O. The van der Waals surface area contributed by atoms with Crippen molar-refractivity contribution in [1.29, 1.82) is 0 Å². The summed E-state index contributed by atoms with van der Waals surface area (Å²) < 4.78 is 11.0. The molecule has 0 aliphatic heterocycles. The van der Waals surface area contributed by atoms with Gasteiger partial charge in [0.15, 0.2) is 6.10 Å². The van der Waals surface area contributed by atoms with Crippen LogP contribution in [0.2, 0.25) is 10.0 Å². The Morgan fingerprint density at radius 3 is 2.32 bits per heavy atom. The molecule has 31 heavy (non-hydrogen) atoms. The maximum Gasteiger partial charge on any atom is 0.333 e. The van der Waals surface area contributed by atoms with Gasteiger partial charge in [-0.15, -0.1) is 0 Å². The molecule has 0 bridgehead atoms. The molecular formula is C23H27Cl2NO5. The van der Waals surface area contributed by atoms with Gasteiger partial charge >= 0.3 is 5.97 Å². The second-order valence-electron chi connectivity index (χ2n) is 7.06. The normalized spacial score (nSPS) is 12.8. The minimum absolute atomic E-state index is 0.131. The topological polar surface area (TPSA) is 84.9 Å². The molecule has 0 aliphatic rings. The van der Waals surface area contributed by atoms with Gasteiger partial charge in [-0.3, -0.25) is 4.79 Å². The number of benzene rings is 2.